The van der Waals surface area contributed by atoms with E-state index in [4.69, 9.17) is 16.3 Å². The van der Waals surface area contributed by atoms with Gasteiger partial charge in [0.05, 0.1) is 12.7 Å². The Hall–Kier alpha value is -2.25. The lowest BCUT2D eigenvalue weighted by molar-refractivity contribution is -0.138. The van der Waals surface area contributed by atoms with Gasteiger partial charge in [-0.1, -0.05) is 29.8 Å². The summed E-state index contributed by atoms with van der Waals surface area (Å²) in [5.74, 6) is -0.126. The van der Waals surface area contributed by atoms with Gasteiger partial charge in [0.25, 0.3) is 5.91 Å². The van der Waals surface area contributed by atoms with Gasteiger partial charge in [0, 0.05) is 21.7 Å². The molecule has 0 aliphatic heterocycles. The SMILES string of the molecule is COc1c(C(=O)NCc2ccccc2C(F)(F)F)sc2cc(Cl)ccc12. The molecular formula is C18H13ClF3NO2S. The highest BCUT2D eigenvalue weighted by molar-refractivity contribution is 7.21. The lowest BCUT2D eigenvalue weighted by Gasteiger charge is -2.13. The number of hydrogen-bond acceptors (Lipinski definition) is 3. The molecule has 3 nitrogen and oxygen atoms in total. The predicted molar refractivity (Wildman–Crippen MR) is 96.0 cm³/mol. The van der Waals surface area contributed by atoms with Crippen molar-refractivity contribution in [3.05, 3.63) is 63.5 Å². The van der Waals surface area contributed by atoms with Crippen molar-refractivity contribution in [3.63, 3.8) is 0 Å². The van der Waals surface area contributed by atoms with Gasteiger partial charge in [-0.15, -0.1) is 11.3 Å². The molecule has 0 aliphatic carbocycles. The van der Waals surface area contributed by atoms with Gasteiger partial charge in [0.15, 0.2) is 0 Å². The predicted octanol–water partition coefficient (Wildman–Crippen LogP) is 5.51. The topological polar surface area (TPSA) is 38.3 Å². The number of fused-ring (bicyclic) bond motifs is 1. The van der Waals surface area contributed by atoms with Crippen molar-refractivity contribution in [2.75, 3.05) is 7.11 Å². The van der Waals surface area contributed by atoms with Crippen LogP contribution < -0.4 is 10.1 Å². The standard InChI is InChI=1S/C18H13ClF3NO2S/c1-25-15-12-7-6-11(19)8-14(12)26-16(15)17(24)23-9-10-4-2-3-5-13(10)18(20,21)22/h2-8H,9H2,1H3,(H,23,24). The molecule has 0 radical (unpaired) electrons. The zero-order valence-electron chi connectivity index (χ0n) is 13.5. The summed E-state index contributed by atoms with van der Waals surface area (Å²) >= 11 is 7.14. The van der Waals surface area contributed by atoms with E-state index in [0.717, 1.165) is 16.2 Å². The van der Waals surface area contributed by atoms with Gasteiger partial charge in [-0.3, -0.25) is 4.79 Å². The summed E-state index contributed by atoms with van der Waals surface area (Å²) < 4.78 is 45.2. The smallest absolute Gasteiger partial charge is 0.416 e. The van der Waals surface area contributed by atoms with Gasteiger partial charge >= 0.3 is 6.18 Å². The van der Waals surface area contributed by atoms with Crippen molar-refractivity contribution in [1.29, 1.82) is 0 Å². The highest BCUT2D eigenvalue weighted by Gasteiger charge is 2.33. The van der Waals surface area contributed by atoms with Gasteiger partial charge in [-0.25, -0.2) is 0 Å². The van der Waals surface area contributed by atoms with Crippen LogP contribution in [0.3, 0.4) is 0 Å². The molecule has 0 saturated heterocycles. The molecule has 2 aromatic carbocycles. The molecule has 0 saturated carbocycles. The van der Waals surface area contributed by atoms with E-state index in [-0.39, 0.29) is 17.0 Å². The third-order valence-corrected chi connectivity index (χ3v) is 5.15. The molecule has 0 bridgehead atoms. The zero-order valence-corrected chi connectivity index (χ0v) is 15.1. The average molecular weight is 400 g/mol. The first-order valence-corrected chi connectivity index (χ1v) is 8.70. The Kier molecular flexibility index (Phi) is 5.11. The van der Waals surface area contributed by atoms with Crippen molar-refractivity contribution < 1.29 is 22.7 Å². The second-order valence-electron chi connectivity index (χ2n) is 5.44. The number of rotatable bonds is 4. The number of alkyl halides is 3. The minimum absolute atomic E-state index is 0.00327. The number of halogens is 4. The Bertz CT molecular complexity index is 969. The van der Waals surface area contributed by atoms with Crippen LogP contribution in [0.1, 0.15) is 20.8 Å². The Balaban J connectivity index is 1.87. The first-order chi connectivity index (χ1) is 12.3. The lowest BCUT2D eigenvalue weighted by atomic mass is 10.1. The Morgan fingerprint density at radius 2 is 1.96 bits per heavy atom. The molecule has 1 heterocycles. The Morgan fingerprint density at radius 3 is 2.65 bits per heavy atom. The lowest BCUT2D eigenvalue weighted by Crippen LogP contribution is -2.24. The van der Waals surface area contributed by atoms with Gasteiger partial charge in [-0.2, -0.15) is 13.2 Å². The maximum Gasteiger partial charge on any atom is 0.416 e. The van der Waals surface area contributed by atoms with Crippen LogP contribution in [0.2, 0.25) is 5.02 Å². The second kappa shape index (κ2) is 7.17. The van der Waals surface area contributed by atoms with E-state index in [1.807, 2.05) is 0 Å². The normalized spacial score (nSPS) is 11.6. The van der Waals surface area contributed by atoms with Gasteiger partial charge in [0.1, 0.15) is 10.6 Å². The summed E-state index contributed by atoms with van der Waals surface area (Å²) in [7, 11) is 1.44. The number of nitrogens with one attached hydrogen (secondary N) is 1. The molecule has 8 heteroatoms. The van der Waals surface area contributed by atoms with Crippen LogP contribution in [0.5, 0.6) is 5.75 Å². The van der Waals surface area contributed by atoms with Crippen LogP contribution in [0.4, 0.5) is 13.2 Å². The molecule has 0 spiro atoms. The van der Waals surface area contributed by atoms with Crippen molar-refractivity contribution in [1.82, 2.24) is 5.32 Å². The van der Waals surface area contributed by atoms with E-state index >= 15 is 0 Å². The Morgan fingerprint density at radius 1 is 1.23 bits per heavy atom. The van der Waals surface area contributed by atoms with E-state index in [9.17, 15) is 18.0 Å². The Labute approximate surface area is 156 Å². The molecular weight excluding hydrogens is 387 g/mol. The zero-order chi connectivity index (χ0) is 18.9. The van der Waals surface area contributed by atoms with Crippen molar-refractivity contribution in [2.24, 2.45) is 0 Å². The molecule has 1 N–H and O–H groups in total. The fraction of sp³-hybridized carbons (Fsp3) is 0.167. The summed E-state index contributed by atoms with van der Waals surface area (Å²) in [5, 5.41) is 3.78. The summed E-state index contributed by atoms with van der Waals surface area (Å²) in [6.07, 6.45) is -4.48. The maximum absolute atomic E-state index is 13.0. The highest BCUT2D eigenvalue weighted by atomic mass is 35.5. The van der Waals surface area contributed by atoms with Crippen molar-refractivity contribution in [3.8, 4) is 5.75 Å². The van der Waals surface area contributed by atoms with Crippen LogP contribution in [0.15, 0.2) is 42.5 Å². The largest absolute Gasteiger partial charge is 0.494 e. The van der Waals surface area contributed by atoms with Gasteiger partial charge in [-0.05, 0) is 29.8 Å². The quantitative estimate of drug-likeness (QED) is 0.628. The maximum atomic E-state index is 13.0. The van der Waals surface area contributed by atoms with Crippen molar-refractivity contribution in [2.45, 2.75) is 12.7 Å². The van der Waals surface area contributed by atoms with Crippen LogP contribution in [-0.4, -0.2) is 13.0 Å². The summed E-state index contributed by atoms with van der Waals surface area (Å²) in [4.78, 5) is 12.8. The van der Waals surface area contributed by atoms with Crippen LogP contribution in [0, 0.1) is 0 Å². The summed E-state index contributed by atoms with van der Waals surface area (Å²) in [6.45, 7) is -0.243. The van der Waals surface area contributed by atoms with Gasteiger partial charge < -0.3 is 10.1 Å². The molecule has 3 rings (SSSR count). The number of benzene rings is 2. The monoisotopic (exact) mass is 399 g/mol. The fourth-order valence-electron chi connectivity index (χ4n) is 2.61. The van der Waals surface area contributed by atoms with Crippen molar-refractivity contribution >= 4 is 38.9 Å². The third-order valence-electron chi connectivity index (χ3n) is 3.78. The van der Waals surface area contributed by atoms with Crippen LogP contribution in [-0.2, 0) is 12.7 Å². The molecule has 136 valence electrons. The minimum atomic E-state index is -4.48. The molecule has 0 fully saturated rings. The molecule has 26 heavy (non-hydrogen) atoms. The van der Waals surface area contributed by atoms with Gasteiger partial charge in [0.2, 0.25) is 0 Å². The fourth-order valence-corrected chi connectivity index (χ4v) is 3.97. The number of carbonyl (C=O) groups is 1. The number of hydrogen-bond donors (Lipinski definition) is 1. The number of thiophene rings is 1. The molecule has 3 aromatic rings. The number of ether oxygens (including phenoxy) is 1. The summed E-state index contributed by atoms with van der Waals surface area (Å²) in [5.41, 5.74) is -0.771. The van der Waals surface area contributed by atoms with E-state index in [0.29, 0.717) is 10.8 Å². The second-order valence-corrected chi connectivity index (χ2v) is 6.93. The third kappa shape index (κ3) is 3.64. The van der Waals surface area contributed by atoms with E-state index in [1.54, 1.807) is 18.2 Å². The highest BCUT2D eigenvalue weighted by Crippen LogP contribution is 2.39. The van der Waals surface area contributed by atoms with E-state index < -0.39 is 17.6 Å². The van der Waals surface area contributed by atoms with Crippen LogP contribution >= 0.6 is 22.9 Å². The number of amides is 1. The number of methoxy groups -OCH3 is 1. The molecule has 0 aliphatic rings. The minimum Gasteiger partial charge on any atom is -0.494 e. The average Bonchev–Trinajstić information content (AvgIpc) is 2.96. The summed E-state index contributed by atoms with van der Waals surface area (Å²) in [6, 6.07) is 10.3. The molecule has 1 aromatic heterocycles. The first kappa shape index (κ1) is 18.5. The molecule has 0 unspecified atom stereocenters. The van der Waals surface area contributed by atoms with E-state index in [1.165, 1.54) is 36.6 Å². The van der Waals surface area contributed by atoms with Crippen LogP contribution in [0.25, 0.3) is 10.1 Å². The van der Waals surface area contributed by atoms with E-state index in [2.05, 4.69) is 5.32 Å². The number of carbonyl (C=O) groups excluding carboxylic acids is 1. The molecule has 1 amide bonds. The molecule has 0 atom stereocenters. The first-order valence-electron chi connectivity index (χ1n) is 7.50.